The normalized spacial score (nSPS) is 10.8. The Morgan fingerprint density at radius 2 is 2.08 bits per heavy atom. The standard InChI is InChI=1S/C19H16FNO3/c1-2-24-19(23)14-5-3-4-13(8-14)10-21-11-15(12-22)17-9-16(20)6-7-18(17)21/h3-9,11-12H,2,10H2,1H3. The van der Waals surface area contributed by atoms with Crippen LogP contribution < -0.4 is 0 Å². The molecule has 0 bridgehead atoms. The van der Waals surface area contributed by atoms with Crippen LogP contribution in [0.25, 0.3) is 10.9 Å². The van der Waals surface area contributed by atoms with Crippen LogP contribution in [0.15, 0.2) is 48.7 Å². The topological polar surface area (TPSA) is 48.3 Å². The van der Waals surface area contributed by atoms with Crippen molar-refractivity contribution in [2.75, 3.05) is 6.61 Å². The lowest BCUT2D eigenvalue weighted by Gasteiger charge is -2.08. The number of carbonyl (C=O) groups excluding carboxylic acids is 2. The maximum atomic E-state index is 13.4. The number of aldehydes is 1. The van der Waals surface area contributed by atoms with Gasteiger partial charge < -0.3 is 9.30 Å². The minimum Gasteiger partial charge on any atom is -0.462 e. The molecule has 0 saturated carbocycles. The van der Waals surface area contributed by atoms with Gasteiger partial charge in [-0.15, -0.1) is 0 Å². The van der Waals surface area contributed by atoms with E-state index >= 15 is 0 Å². The molecule has 4 nitrogen and oxygen atoms in total. The van der Waals surface area contributed by atoms with Crippen molar-refractivity contribution in [3.63, 3.8) is 0 Å². The highest BCUT2D eigenvalue weighted by molar-refractivity contribution is 5.97. The summed E-state index contributed by atoms with van der Waals surface area (Å²) < 4.78 is 20.3. The number of aromatic nitrogens is 1. The summed E-state index contributed by atoms with van der Waals surface area (Å²) >= 11 is 0. The van der Waals surface area contributed by atoms with Gasteiger partial charge in [0.2, 0.25) is 0 Å². The molecule has 24 heavy (non-hydrogen) atoms. The highest BCUT2D eigenvalue weighted by Gasteiger charge is 2.11. The molecule has 3 aromatic rings. The van der Waals surface area contributed by atoms with Crippen molar-refractivity contribution >= 4 is 23.2 Å². The molecule has 0 fully saturated rings. The minimum absolute atomic E-state index is 0.319. The molecule has 0 aliphatic heterocycles. The maximum Gasteiger partial charge on any atom is 0.338 e. The summed E-state index contributed by atoms with van der Waals surface area (Å²) in [6.07, 6.45) is 2.40. The summed E-state index contributed by atoms with van der Waals surface area (Å²) in [6.45, 7) is 2.54. The van der Waals surface area contributed by atoms with Gasteiger partial charge in [-0.3, -0.25) is 4.79 Å². The van der Waals surface area contributed by atoms with Gasteiger partial charge in [0.25, 0.3) is 0 Å². The quantitative estimate of drug-likeness (QED) is 0.529. The molecular weight excluding hydrogens is 309 g/mol. The van der Waals surface area contributed by atoms with Gasteiger partial charge in [0.05, 0.1) is 12.2 Å². The van der Waals surface area contributed by atoms with E-state index in [0.717, 1.165) is 11.1 Å². The molecule has 0 N–H and O–H groups in total. The summed E-state index contributed by atoms with van der Waals surface area (Å²) in [6, 6.07) is 11.5. The predicted octanol–water partition coefficient (Wildman–Crippen LogP) is 3.82. The highest BCUT2D eigenvalue weighted by atomic mass is 19.1. The lowest BCUT2D eigenvalue weighted by molar-refractivity contribution is 0.0526. The fourth-order valence-electron chi connectivity index (χ4n) is 2.73. The monoisotopic (exact) mass is 325 g/mol. The van der Waals surface area contributed by atoms with Gasteiger partial charge in [-0.25, -0.2) is 9.18 Å². The van der Waals surface area contributed by atoms with Crippen molar-refractivity contribution in [3.8, 4) is 0 Å². The van der Waals surface area contributed by atoms with Gasteiger partial charge in [0.15, 0.2) is 6.29 Å². The van der Waals surface area contributed by atoms with E-state index < -0.39 is 0 Å². The number of esters is 1. The van der Waals surface area contributed by atoms with E-state index in [2.05, 4.69) is 0 Å². The molecule has 2 aromatic carbocycles. The van der Waals surface area contributed by atoms with E-state index in [9.17, 15) is 14.0 Å². The number of fused-ring (bicyclic) bond motifs is 1. The fourth-order valence-corrected chi connectivity index (χ4v) is 2.73. The molecule has 0 spiro atoms. The second-order valence-corrected chi connectivity index (χ2v) is 5.41. The van der Waals surface area contributed by atoms with E-state index in [4.69, 9.17) is 4.74 Å². The van der Waals surface area contributed by atoms with E-state index in [0.29, 0.717) is 36.0 Å². The summed E-state index contributed by atoms with van der Waals surface area (Å²) in [5.74, 6) is -0.750. The Morgan fingerprint density at radius 1 is 1.25 bits per heavy atom. The Balaban J connectivity index is 1.97. The number of carbonyl (C=O) groups is 2. The van der Waals surface area contributed by atoms with Crippen molar-refractivity contribution in [2.24, 2.45) is 0 Å². The third-order valence-electron chi connectivity index (χ3n) is 3.79. The number of ether oxygens (including phenoxy) is 1. The molecule has 0 aliphatic rings. The fraction of sp³-hybridized carbons (Fsp3) is 0.158. The van der Waals surface area contributed by atoms with Crippen molar-refractivity contribution in [3.05, 3.63) is 71.2 Å². The molecule has 1 aromatic heterocycles. The molecule has 122 valence electrons. The molecule has 0 radical (unpaired) electrons. The Bertz CT molecular complexity index is 914. The number of nitrogens with zero attached hydrogens (tertiary/aromatic N) is 1. The second kappa shape index (κ2) is 6.66. The summed E-state index contributed by atoms with van der Waals surface area (Å²) in [5.41, 5.74) is 2.57. The minimum atomic E-state index is -0.382. The Labute approximate surface area is 138 Å². The van der Waals surface area contributed by atoms with Crippen LogP contribution in [0.3, 0.4) is 0 Å². The van der Waals surface area contributed by atoms with Crippen molar-refractivity contribution in [2.45, 2.75) is 13.5 Å². The number of benzene rings is 2. The molecule has 3 rings (SSSR count). The van der Waals surface area contributed by atoms with Crippen LogP contribution >= 0.6 is 0 Å². The van der Waals surface area contributed by atoms with Crippen LogP contribution in [0.5, 0.6) is 0 Å². The van der Waals surface area contributed by atoms with E-state index in [-0.39, 0.29) is 11.8 Å². The first-order chi connectivity index (χ1) is 11.6. The highest BCUT2D eigenvalue weighted by Crippen LogP contribution is 2.22. The van der Waals surface area contributed by atoms with Gasteiger partial charge >= 0.3 is 5.97 Å². The van der Waals surface area contributed by atoms with E-state index in [1.165, 1.54) is 12.1 Å². The zero-order valence-electron chi connectivity index (χ0n) is 13.2. The first-order valence-corrected chi connectivity index (χ1v) is 7.62. The third kappa shape index (κ3) is 3.06. The van der Waals surface area contributed by atoms with E-state index in [1.54, 1.807) is 37.4 Å². The Morgan fingerprint density at radius 3 is 2.83 bits per heavy atom. The lowest BCUT2D eigenvalue weighted by Crippen LogP contribution is -2.06. The first-order valence-electron chi connectivity index (χ1n) is 7.62. The predicted molar refractivity (Wildman–Crippen MR) is 88.8 cm³/mol. The number of hydrogen-bond acceptors (Lipinski definition) is 3. The summed E-state index contributed by atoms with van der Waals surface area (Å²) in [5, 5.41) is 0.576. The number of rotatable bonds is 5. The van der Waals surface area contributed by atoms with Crippen LogP contribution in [0.2, 0.25) is 0 Å². The van der Waals surface area contributed by atoms with Crippen LogP contribution in [0, 0.1) is 5.82 Å². The average molecular weight is 325 g/mol. The van der Waals surface area contributed by atoms with Crippen LogP contribution in [0.4, 0.5) is 4.39 Å². The lowest BCUT2D eigenvalue weighted by atomic mass is 10.1. The van der Waals surface area contributed by atoms with Gasteiger partial charge in [-0.1, -0.05) is 12.1 Å². The second-order valence-electron chi connectivity index (χ2n) is 5.41. The van der Waals surface area contributed by atoms with Crippen LogP contribution in [0.1, 0.15) is 33.2 Å². The Hall–Kier alpha value is -2.95. The van der Waals surface area contributed by atoms with Crippen LogP contribution in [-0.2, 0) is 11.3 Å². The Kier molecular flexibility index (Phi) is 4.42. The molecule has 0 unspecified atom stereocenters. The van der Waals surface area contributed by atoms with Crippen molar-refractivity contribution < 1.29 is 18.7 Å². The third-order valence-corrected chi connectivity index (χ3v) is 3.79. The van der Waals surface area contributed by atoms with Gasteiger partial charge in [-0.2, -0.15) is 0 Å². The van der Waals surface area contributed by atoms with E-state index in [1.807, 2.05) is 10.6 Å². The molecular formula is C19H16FNO3. The van der Waals surface area contributed by atoms with Gasteiger partial charge in [0.1, 0.15) is 5.82 Å². The van der Waals surface area contributed by atoms with Gasteiger partial charge in [0, 0.05) is 29.2 Å². The summed E-state index contributed by atoms with van der Waals surface area (Å²) in [7, 11) is 0. The molecule has 0 saturated heterocycles. The largest absolute Gasteiger partial charge is 0.462 e. The first kappa shape index (κ1) is 15.9. The van der Waals surface area contributed by atoms with Crippen molar-refractivity contribution in [1.82, 2.24) is 4.57 Å². The zero-order chi connectivity index (χ0) is 17.1. The smallest absolute Gasteiger partial charge is 0.338 e. The molecule has 0 atom stereocenters. The van der Waals surface area contributed by atoms with Gasteiger partial charge in [-0.05, 0) is 42.8 Å². The number of halogens is 1. The average Bonchev–Trinajstić information content (AvgIpc) is 2.92. The molecule has 5 heteroatoms. The van der Waals surface area contributed by atoms with Crippen molar-refractivity contribution in [1.29, 1.82) is 0 Å². The molecule has 1 heterocycles. The summed E-state index contributed by atoms with van der Waals surface area (Å²) in [4.78, 5) is 23.0. The van der Waals surface area contributed by atoms with Crippen LogP contribution in [-0.4, -0.2) is 23.4 Å². The molecule has 0 aliphatic carbocycles. The SMILES string of the molecule is CCOC(=O)c1cccc(Cn2cc(C=O)c3cc(F)ccc32)c1. The number of hydrogen-bond donors (Lipinski definition) is 0. The maximum absolute atomic E-state index is 13.4. The zero-order valence-corrected chi connectivity index (χ0v) is 13.2. The molecule has 0 amide bonds.